The molecule has 0 bridgehead atoms. The molecule has 1 fully saturated rings. The number of morpholine rings is 1. The highest BCUT2D eigenvalue weighted by Crippen LogP contribution is 2.21. The number of benzene rings is 1. The summed E-state index contributed by atoms with van der Waals surface area (Å²) < 4.78 is 5.81. The first-order chi connectivity index (χ1) is 13.0. The molecule has 2 unspecified atom stereocenters. The van der Waals surface area contributed by atoms with E-state index in [2.05, 4.69) is 59.8 Å². The summed E-state index contributed by atoms with van der Waals surface area (Å²) in [6.07, 6.45) is 1.01. The largest absolute Gasteiger partial charge is 0.372 e. The van der Waals surface area contributed by atoms with Crippen LogP contribution < -0.4 is 10.5 Å². The number of anilines is 1. The molecule has 0 aliphatic carbocycles. The van der Waals surface area contributed by atoms with E-state index in [0.29, 0.717) is 5.95 Å². The molecule has 3 heterocycles. The van der Waals surface area contributed by atoms with Gasteiger partial charge in [0, 0.05) is 38.3 Å². The molecule has 0 saturated carbocycles. The van der Waals surface area contributed by atoms with E-state index in [0.717, 1.165) is 50.4 Å². The van der Waals surface area contributed by atoms with Gasteiger partial charge in [-0.15, -0.1) is 0 Å². The third-order valence-corrected chi connectivity index (χ3v) is 5.51. The normalized spacial score (nSPS) is 23.3. The van der Waals surface area contributed by atoms with Crippen molar-refractivity contribution >= 4 is 5.95 Å². The lowest BCUT2D eigenvalue weighted by atomic mass is 10.0. The number of ether oxygens (including phenoxy) is 1. The van der Waals surface area contributed by atoms with Crippen LogP contribution in [0.15, 0.2) is 29.1 Å². The Morgan fingerprint density at radius 1 is 1.22 bits per heavy atom. The van der Waals surface area contributed by atoms with E-state index in [1.54, 1.807) is 0 Å². The maximum absolute atomic E-state index is 12.6. The van der Waals surface area contributed by atoms with E-state index >= 15 is 0 Å². The number of aromatic amines is 1. The molecule has 1 N–H and O–H groups in total. The van der Waals surface area contributed by atoms with Crippen LogP contribution in [0.4, 0.5) is 5.95 Å². The lowest BCUT2D eigenvalue weighted by molar-refractivity contribution is -0.00576. The molecule has 27 heavy (non-hydrogen) atoms. The maximum Gasteiger partial charge on any atom is 0.255 e. The standard InChI is InChI=1S/C21H28N4O2/c1-14-6-4-5-7-17(14)12-24-9-8-18-19(13-24)22-21(23-20(18)26)25-10-15(2)27-16(3)11-25/h4-7,15-16H,8-13H2,1-3H3,(H,22,23,26). The van der Waals surface area contributed by atoms with E-state index in [1.807, 2.05) is 0 Å². The molecule has 4 rings (SSSR count). The topological polar surface area (TPSA) is 61.5 Å². The molecule has 2 aliphatic rings. The molecule has 1 aromatic carbocycles. The second-order valence-corrected chi connectivity index (χ2v) is 7.86. The minimum absolute atomic E-state index is 0.0114. The molecular formula is C21H28N4O2. The molecule has 144 valence electrons. The summed E-state index contributed by atoms with van der Waals surface area (Å²) in [5.74, 6) is 0.679. The molecule has 1 aromatic heterocycles. The number of hydrogen-bond acceptors (Lipinski definition) is 5. The average molecular weight is 368 g/mol. The van der Waals surface area contributed by atoms with Crippen LogP contribution in [0.3, 0.4) is 0 Å². The summed E-state index contributed by atoms with van der Waals surface area (Å²) in [5, 5.41) is 0. The zero-order valence-electron chi connectivity index (χ0n) is 16.4. The van der Waals surface area contributed by atoms with Crippen molar-refractivity contribution < 1.29 is 4.74 Å². The molecule has 6 nitrogen and oxygen atoms in total. The first-order valence-corrected chi connectivity index (χ1v) is 9.79. The fourth-order valence-corrected chi connectivity index (χ4v) is 4.14. The van der Waals surface area contributed by atoms with Gasteiger partial charge in [0.05, 0.1) is 17.9 Å². The highest BCUT2D eigenvalue weighted by molar-refractivity contribution is 5.35. The smallest absolute Gasteiger partial charge is 0.255 e. The van der Waals surface area contributed by atoms with Gasteiger partial charge in [-0.25, -0.2) is 4.98 Å². The molecule has 1 saturated heterocycles. The van der Waals surface area contributed by atoms with Crippen LogP contribution in [-0.4, -0.2) is 46.7 Å². The molecule has 6 heteroatoms. The number of rotatable bonds is 3. The van der Waals surface area contributed by atoms with Crippen LogP contribution >= 0.6 is 0 Å². The van der Waals surface area contributed by atoms with Crippen molar-refractivity contribution in [3.63, 3.8) is 0 Å². The summed E-state index contributed by atoms with van der Waals surface area (Å²) in [6.45, 7) is 10.3. The summed E-state index contributed by atoms with van der Waals surface area (Å²) >= 11 is 0. The van der Waals surface area contributed by atoms with Crippen LogP contribution in [0, 0.1) is 6.92 Å². The van der Waals surface area contributed by atoms with Crippen molar-refractivity contribution in [3.8, 4) is 0 Å². The Bertz CT molecular complexity index is 869. The van der Waals surface area contributed by atoms with Crippen LogP contribution in [-0.2, 0) is 24.2 Å². The molecular weight excluding hydrogens is 340 g/mol. The van der Waals surface area contributed by atoms with E-state index in [4.69, 9.17) is 9.72 Å². The van der Waals surface area contributed by atoms with Crippen LogP contribution in [0.1, 0.15) is 36.2 Å². The van der Waals surface area contributed by atoms with Crippen molar-refractivity contribution in [3.05, 3.63) is 57.0 Å². The van der Waals surface area contributed by atoms with Gasteiger partial charge >= 0.3 is 0 Å². The number of H-pyrrole nitrogens is 1. The van der Waals surface area contributed by atoms with Gasteiger partial charge in [0.25, 0.3) is 5.56 Å². The van der Waals surface area contributed by atoms with Gasteiger partial charge in [-0.1, -0.05) is 24.3 Å². The van der Waals surface area contributed by atoms with Gasteiger partial charge in [0.15, 0.2) is 0 Å². The van der Waals surface area contributed by atoms with Crippen molar-refractivity contribution in [2.45, 2.75) is 52.5 Å². The summed E-state index contributed by atoms with van der Waals surface area (Å²) in [6, 6.07) is 8.48. The van der Waals surface area contributed by atoms with E-state index in [-0.39, 0.29) is 17.8 Å². The van der Waals surface area contributed by atoms with Crippen LogP contribution in [0.2, 0.25) is 0 Å². The molecule has 2 aromatic rings. The van der Waals surface area contributed by atoms with Gasteiger partial charge in [-0.2, -0.15) is 0 Å². The first-order valence-electron chi connectivity index (χ1n) is 9.79. The zero-order chi connectivity index (χ0) is 19.0. The first kappa shape index (κ1) is 18.2. The SMILES string of the molecule is Cc1ccccc1CN1CCc2c(nc(N3CC(C)OC(C)C3)[nH]c2=O)C1. The van der Waals surface area contributed by atoms with Gasteiger partial charge < -0.3 is 9.64 Å². The molecule has 0 radical (unpaired) electrons. The lowest BCUT2D eigenvalue weighted by Gasteiger charge is -2.36. The number of nitrogens with one attached hydrogen (secondary N) is 1. The molecule has 0 amide bonds. The fourth-order valence-electron chi connectivity index (χ4n) is 4.14. The Hall–Kier alpha value is -2.18. The van der Waals surface area contributed by atoms with Gasteiger partial charge in [-0.3, -0.25) is 14.7 Å². The zero-order valence-corrected chi connectivity index (χ0v) is 16.4. The third kappa shape index (κ3) is 3.92. The lowest BCUT2D eigenvalue weighted by Crippen LogP contribution is -2.47. The van der Waals surface area contributed by atoms with Crippen molar-refractivity contribution in [1.82, 2.24) is 14.9 Å². The van der Waals surface area contributed by atoms with Crippen molar-refractivity contribution in [2.75, 3.05) is 24.5 Å². The maximum atomic E-state index is 12.6. The molecule has 2 atom stereocenters. The minimum atomic E-state index is 0.0114. The van der Waals surface area contributed by atoms with E-state index in [9.17, 15) is 4.79 Å². The Labute approximate surface area is 160 Å². The van der Waals surface area contributed by atoms with Gasteiger partial charge in [0.1, 0.15) is 0 Å². The number of fused-ring (bicyclic) bond motifs is 1. The Kier molecular flexibility index (Phi) is 5.02. The highest BCUT2D eigenvalue weighted by Gasteiger charge is 2.27. The predicted octanol–water partition coefficient (Wildman–Crippen LogP) is 2.25. The Balaban J connectivity index is 1.56. The van der Waals surface area contributed by atoms with Crippen LogP contribution in [0.25, 0.3) is 0 Å². The highest BCUT2D eigenvalue weighted by atomic mass is 16.5. The minimum Gasteiger partial charge on any atom is -0.372 e. The van der Waals surface area contributed by atoms with Gasteiger partial charge in [0.2, 0.25) is 5.95 Å². The number of aryl methyl sites for hydroxylation is 1. The fraction of sp³-hybridized carbons (Fsp3) is 0.524. The van der Waals surface area contributed by atoms with E-state index in [1.165, 1.54) is 11.1 Å². The average Bonchev–Trinajstić information content (AvgIpc) is 2.62. The predicted molar refractivity (Wildman–Crippen MR) is 106 cm³/mol. The van der Waals surface area contributed by atoms with Crippen molar-refractivity contribution in [1.29, 1.82) is 0 Å². The summed E-state index contributed by atoms with van der Waals surface area (Å²) in [5.41, 5.74) is 4.41. The van der Waals surface area contributed by atoms with Gasteiger partial charge in [-0.05, 0) is 38.3 Å². The number of hydrogen-bond donors (Lipinski definition) is 1. The monoisotopic (exact) mass is 368 g/mol. The van der Waals surface area contributed by atoms with Crippen LogP contribution in [0.5, 0.6) is 0 Å². The molecule has 0 spiro atoms. The summed E-state index contributed by atoms with van der Waals surface area (Å²) in [4.78, 5) is 25.0. The number of aromatic nitrogens is 2. The second kappa shape index (κ2) is 7.44. The Morgan fingerprint density at radius 3 is 2.70 bits per heavy atom. The van der Waals surface area contributed by atoms with E-state index < -0.39 is 0 Å². The molecule has 2 aliphatic heterocycles. The summed E-state index contributed by atoms with van der Waals surface area (Å²) in [7, 11) is 0. The van der Waals surface area contributed by atoms with Crippen molar-refractivity contribution in [2.24, 2.45) is 0 Å². The third-order valence-electron chi connectivity index (χ3n) is 5.51. The quantitative estimate of drug-likeness (QED) is 0.900. The second-order valence-electron chi connectivity index (χ2n) is 7.86. The Morgan fingerprint density at radius 2 is 1.96 bits per heavy atom. The number of nitrogens with zero attached hydrogens (tertiary/aromatic N) is 3.